The Kier molecular flexibility index (Phi) is 1.94. The molecule has 1 heterocycles. The minimum Gasteiger partial charge on any atom is -0.288 e. The summed E-state index contributed by atoms with van der Waals surface area (Å²) in [5, 5.41) is 21.3. The van der Waals surface area contributed by atoms with E-state index in [1.807, 2.05) is 13.8 Å². The predicted molar refractivity (Wildman–Crippen MR) is 55.3 cm³/mol. The first-order valence-electron chi connectivity index (χ1n) is 4.67. The highest BCUT2D eigenvalue weighted by Gasteiger charge is 2.35. The van der Waals surface area contributed by atoms with E-state index in [1.54, 1.807) is 6.07 Å². The molecule has 80 valence electrons. The number of hydrogen-bond donors (Lipinski definition) is 1. The van der Waals surface area contributed by atoms with E-state index < -0.39 is 4.92 Å². The van der Waals surface area contributed by atoms with Crippen LogP contribution < -0.4 is 5.06 Å². The smallest absolute Gasteiger partial charge is 0.271 e. The zero-order chi connectivity index (χ0) is 11.2. The molecule has 1 aliphatic rings. The number of nitro groups is 1. The second kappa shape index (κ2) is 2.93. The molecule has 0 atom stereocenters. The quantitative estimate of drug-likeness (QED) is 0.566. The highest BCUT2D eigenvalue weighted by atomic mass is 16.6. The Labute approximate surface area is 87.0 Å². The van der Waals surface area contributed by atoms with Gasteiger partial charge in [0.25, 0.3) is 5.69 Å². The van der Waals surface area contributed by atoms with E-state index in [1.165, 1.54) is 12.1 Å². The van der Waals surface area contributed by atoms with Gasteiger partial charge in [-0.15, -0.1) is 0 Å². The van der Waals surface area contributed by atoms with E-state index in [0.717, 1.165) is 10.6 Å². The lowest BCUT2D eigenvalue weighted by Crippen LogP contribution is -2.25. The van der Waals surface area contributed by atoms with Gasteiger partial charge >= 0.3 is 0 Å². The summed E-state index contributed by atoms with van der Waals surface area (Å²) in [7, 11) is 0. The third-order valence-electron chi connectivity index (χ3n) is 2.74. The van der Waals surface area contributed by atoms with Crippen molar-refractivity contribution in [1.82, 2.24) is 0 Å². The lowest BCUT2D eigenvalue weighted by Gasteiger charge is -2.17. The zero-order valence-electron chi connectivity index (χ0n) is 8.60. The first-order valence-corrected chi connectivity index (χ1v) is 4.67. The maximum absolute atomic E-state index is 10.6. The Morgan fingerprint density at radius 1 is 1.53 bits per heavy atom. The normalized spacial score (nSPS) is 17.7. The van der Waals surface area contributed by atoms with Crippen LogP contribution in [-0.2, 0) is 5.41 Å². The third-order valence-corrected chi connectivity index (χ3v) is 2.74. The molecule has 1 aromatic carbocycles. The number of fused-ring (bicyclic) bond motifs is 1. The molecule has 0 aliphatic carbocycles. The van der Waals surface area contributed by atoms with Crippen molar-refractivity contribution in [3.8, 4) is 0 Å². The fourth-order valence-electron chi connectivity index (χ4n) is 1.96. The van der Waals surface area contributed by atoms with Crippen LogP contribution >= 0.6 is 0 Å². The van der Waals surface area contributed by atoms with Gasteiger partial charge in [0.2, 0.25) is 0 Å². The summed E-state index contributed by atoms with van der Waals surface area (Å²) in [6.07, 6.45) is 0. The monoisotopic (exact) mass is 208 g/mol. The molecule has 2 rings (SSSR count). The third kappa shape index (κ3) is 1.45. The molecule has 0 radical (unpaired) electrons. The molecule has 15 heavy (non-hydrogen) atoms. The molecule has 0 fully saturated rings. The van der Waals surface area contributed by atoms with Crippen molar-refractivity contribution in [3.63, 3.8) is 0 Å². The average molecular weight is 208 g/mol. The first-order chi connectivity index (χ1) is 6.92. The number of benzene rings is 1. The molecule has 0 spiro atoms. The fraction of sp³-hybridized carbons (Fsp3) is 0.400. The average Bonchev–Trinajstić information content (AvgIpc) is 2.37. The van der Waals surface area contributed by atoms with Gasteiger partial charge in [0.05, 0.1) is 17.2 Å². The van der Waals surface area contributed by atoms with Crippen molar-refractivity contribution >= 4 is 11.4 Å². The van der Waals surface area contributed by atoms with E-state index in [2.05, 4.69) is 0 Å². The molecule has 1 N–H and O–H groups in total. The lowest BCUT2D eigenvalue weighted by molar-refractivity contribution is -0.384. The van der Waals surface area contributed by atoms with Gasteiger partial charge in [-0.25, -0.2) is 0 Å². The molecule has 1 aromatic rings. The van der Waals surface area contributed by atoms with Crippen LogP contribution in [-0.4, -0.2) is 16.7 Å². The maximum atomic E-state index is 10.6. The molecule has 5 nitrogen and oxygen atoms in total. The number of hydrogen-bond acceptors (Lipinski definition) is 4. The van der Waals surface area contributed by atoms with Gasteiger partial charge in [-0.05, 0) is 11.6 Å². The Morgan fingerprint density at radius 2 is 2.20 bits per heavy atom. The van der Waals surface area contributed by atoms with Crippen molar-refractivity contribution in [1.29, 1.82) is 0 Å². The molecule has 0 saturated heterocycles. The molecule has 1 aliphatic heterocycles. The van der Waals surface area contributed by atoms with Crippen LogP contribution in [0.15, 0.2) is 18.2 Å². The topological polar surface area (TPSA) is 66.6 Å². The van der Waals surface area contributed by atoms with Crippen LogP contribution in [0.4, 0.5) is 11.4 Å². The van der Waals surface area contributed by atoms with E-state index in [9.17, 15) is 15.3 Å². The van der Waals surface area contributed by atoms with Gasteiger partial charge in [-0.3, -0.25) is 20.4 Å². The SMILES string of the molecule is CC1(C)CN(O)c2cc([N+](=O)[O-])ccc21. The van der Waals surface area contributed by atoms with Gasteiger partial charge in [-0.2, -0.15) is 0 Å². The van der Waals surface area contributed by atoms with Gasteiger partial charge in [0, 0.05) is 17.5 Å². The molecule has 0 aromatic heterocycles. The van der Waals surface area contributed by atoms with Crippen molar-refractivity contribution in [2.75, 3.05) is 11.6 Å². The number of nitro benzene ring substituents is 1. The van der Waals surface area contributed by atoms with E-state index in [0.29, 0.717) is 12.2 Å². The van der Waals surface area contributed by atoms with E-state index in [-0.39, 0.29) is 11.1 Å². The first kappa shape index (κ1) is 9.92. The van der Waals surface area contributed by atoms with Crippen LogP contribution in [0.1, 0.15) is 19.4 Å². The predicted octanol–water partition coefficient (Wildman–Crippen LogP) is 2.08. The number of hydroxylamine groups is 1. The summed E-state index contributed by atoms with van der Waals surface area (Å²) in [5.74, 6) is 0. The lowest BCUT2D eigenvalue weighted by atomic mass is 9.87. The van der Waals surface area contributed by atoms with Crippen molar-refractivity contribution < 1.29 is 10.1 Å². The number of nitrogens with zero attached hydrogens (tertiary/aromatic N) is 2. The van der Waals surface area contributed by atoms with E-state index >= 15 is 0 Å². The standard InChI is InChI=1S/C10H12N2O3/c1-10(2)6-11(13)9-5-7(12(14)15)3-4-8(9)10/h3-5,13H,6H2,1-2H3. The van der Waals surface area contributed by atoms with Crippen molar-refractivity contribution in [2.24, 2.45) is 0 Å². The summed E-state index contributed by atoms with van der Waals surface area (Å²) >= 11 is 0. The van der Waals surface area contributed by atoms with Gasteiger partial charge in [-0.1, -0.05) is 13.8 Å². The minimum atomic E-state index is -0.459. The maximum Gasteiger partial charge on any atom is 0.271 e. The molecule has 0 bridgehead atoms. The Morgan fingerprint density at radius 3 is 2.80 bits per heavy atom. The van der Waals surface area contributed by atoms with Crippen LogP contribution in [0.3, 0.4) is 0 Å². The molecule has 0 unspecified atom stereocenters. The van der Waals surface area contributed by atoms with Crippen LogP contribution in [0.25, 0.3) is 0 Å². The Bertz CT molecular complexity index is 429. The fourth-order valence-corrected chi connectivity index (χ4v) is 1.96. The molecular formula is C10H12N2O3. The summed E-state index contributed by atoms with van der Waals surface area (Å²) in [5.41, 5.74) is 1.31. The molecule has 0 amide bonds. The zero-order valence-corrected chi connectivity index (χ0v) is 8.60. The van der Waals surface area contributed by atoms with Gasteiger partial charge in [0.15, 0.2) is 0 Å². The molecular weight excluding hydrogens is 196 g/mol. The number of anilines is 1. The number of rotatable bonds is 1. The molecule has 0 saturated carbocycles. The second-order valence-electron chi connectivity index (χ2n) is 4.40. The summed E-state index contributed by atoms with van der Waals surface area (Å²) in [6.45, 7) is 4.45. The largest absolute Gasteiger partial charge is 0.288 e. The minimum absolute atomic E-state index is 0.00509. The molecule has 5 heteroatoms. The highest BCUT2D eigenvalue weighted by molar-refractivity contribution is 5.64. The number of non-ortho nitro benzene ring substituents is 1. The van der Waals surface area contributed by atoms with Gasteiger partial charge in [0.1, 0.15) is 0 Å². The summed E-state index contributed by atoms with van der Waals surface area (Å²) in [4.78, 5) is 10.1. The van der Waals surface area contributed by atoms with Crippen LogP contribution in [0.2, 0.25) is 0 Å². The van der Waals surface area contributed by atoms with Crippen molar-refractivity contribution in [2.45, 2.75) is 19.3 Å². The summed E-state index contributed by atoms with van der Waals surface area (Å²) in [6, 6.07) is 4.59. The van der Waals surface area contributed by atoms with Crippen LogP contribution in [0.5, 0.6) is 0 Å². The Hall–Kier alpha value is -1.62. The summed E-state index contributed by atoms with van der Waals surface area (Å²) < 4.78 is 0. The van der Waals surface area contributed by atoms with Gasteiger partial charge < -0.3 is 0 Å². The van der Waals surface area contributed by atoms with Crippen molar-refractivity contribution in [3.05, 3.63) is 33.9 Å². The highest BCUT2D eigenvalue weighted by Crippen LogP contribution is 2.40. The Balaban J connectivity index is 2.55. The van der Waals surface area contributed by atoms with E-state index in [4.69, 9.17) is 0 Å². The second-order valence-corrected chi connectivity index (χ2v) is 4.40. The van der Waals surface area contributed by atoms with Crippen LogP contribution in [0, 0.1) is 10.1 Å².